The van der Waals surface area contributed by atoms with Crippen LogP contribution >= 0.6 is 0 Å². The van der Waals surface area contributed by atoms with E-state index in [4.69, 9.17) is 9.47 Å². The number of nitrogens with zero attached hydrogens (tertiary/aromatic N) is 3. The van der Waals surface area contributed by atoms with Gasteiger partial charge in [-0.25, -0.2) is 14.3 Å². The Morgan fingerprint density at radius 3 is 2.53 bits per heavy atom. The first kappa shape index (κ1) is 23.3. The van der Waals surface area contributed by atoms with E-state index in [1.807, 2.05) is 0 Å². The van der Waals surface area contributed by atoms with Crippen molar-refractivity contribution in [3.05, 3.63) is 47.3 Å². The molecule has 9 nitrogen and oxygen atoms in total. The summed E-state index contributed by atoms with van der Waals surface area (Å²) in [6.07, 6.45) is 6.26. The standard InChI is InChI=1S/C23H29N3O6/c1-15(26-19(22(28)29)11-12-24-26)21(27)25(18-7-5-4-6-8-18)14-17-13-16(23(30)32-3)9-10-20(17)31-2/h9-13,15,18H,4-8,14H2,1-3H3,(H,28,29). The van der Waals surface area contributed by atoms with Crippen molar-refractivity contribution in [2.24, 2.45) is 0 Å². The molecule has 1 aromatic heterocycles. The summed E-state index contributed by atoms with van der Waals surface area (Å²) in [5, 5.41) is 13.5. The van der Waals surface area contributed by atoms with Crippen molar-refractivity contribution in [1.29, 1.82) is 0 Å². The third kappa shape index (κ3) is 4.92. The minimum absolute atomic E-state index is 0.00836. The van der Waals surface area contributed by atoms with Gasteiger partial charge in [0.15, 0.2) is 0 Å². The van der Waals surface area contributed by atoms with Gasteiger partial charge in [0.1, 0.15) is 17.5 Å². The van der Waals surface area contributed by atoms with Crippen molar-refractivity contribution in [3.63, 3.8) is 0 Å². The van der Waals surface area contributed by atoms with Crippen molar-refractivity contribution in [1.82, 2.24) is 14.7 Å². The number of amides is 1. The molecule has 0 aliphatic heterocycles. The Bertz CT molecular complexity index is 980. The zero-order valence-corrected chi connectivity index (χ0v) is 18.6. The Kier molecular flexibility index (Phi) is 7.50. The van der Waals surface area contributed by atoms with E-state index in [1.54, 1.807) is 30.0 Å². The average molecular weight is 444 g/mol. The van der Waals surface area contributed by atoms with Gasteiger partial charge < -0.3 is 19.5 Å². The minimum atomic E-state index is -1.14. The lowest BCUT2D eigenvalue weighted by Gasteiger charge is -2.36. The summed E-state index contributed by atoms with van der Waals surface area (Å²) in [5.74, 6) is -1.28. The molecular formula is C23H29N3O6. The number of methoxy groups -OCH3 is 2. The van der Waals surface area contributed by atoms with Crippen LogP contribution in [0.2, 0.25) is 0 Å². The van der Waals surface area contributed by atoms with Gasteiger partial charge in [-0.1, -0.05) is 19.3 Å². The summed E-state index contributed by atoms with van der Waals surface area (Å²) in [5.41, 5.74) is 1.01. The van der Waals surface area contributed by atoms with Crippen LogP contribution in [0.4, 0.5) is 0 Å². The highest BCUT2D eigenvalue weighted by atomic mass is 16.5. The highest BCUT2D eigenvalue weighted by Crippen LogP contribution is 2.30. The van der Waals surface area contributed by atoms with Crippen LogP contribution in [0.25, 0.3) is 0 Å². The highest BCUT2D eigenvalue weighted by molar-refractivity contribution is 5.90. The fourth-order valence-electron chi connectivity index (χ4n) is 4.25. The molecule has 0 spiro atoms. The lowest BCUT2D eigenvalue weighted by Crippen LogP contribution is -2.44. The van der Waals surface area contributed by atoms with Crippen LogP contribution in [-0.2, 0) is 16.1 Å². The monoisotopic (exact) mass is 443 g/mol. The van der Waals surface area contributed by atoms with E-state index in [9.17, 15) is 19.5 Å². The molecule has 1 aromatic carbocycles. The topological polar surface area (TPSA) is 111 Å². The zero-order valence-electron chi connectivity index (χ0n) is 18.6. The van der Waals surface area contributed by atoms with Gasteiger partial charge in [-0.2, -0.15) is 5.10 Å². The van der Waals surface area contributed by atoms with Gasteiger partial charge in [-0.15, -0.1) is 0 Å². The lowest BCUT2D eigenvalue weighted by molar-refractivity contribution is -0.138. The number of rotatable bonds is 8. The summed E-state index contributed by atoms with van der Waals surface area (Å²) >= 11 is 0. The Balaban J connectivity index is 1.96. The van der Waals surface area contributed by atoms with E-state index in [2.05, 4.69) is 5.10 Å². The molecule has 1 N–H and O–H groups in total. The number of hydrogen-bond donors (Lipinski definition) is 1. The maximum Gasteiger partial charge on any atom is 0.354 e. The van der Waals surface area contributed by atoms with Gasteiger partial charge in [-0.3, -0.25) is 4.79 Å². The smallest absolute Gasteiger partial charge is 0.354 e. The number of ether oxygens (including phenoxy) is 2. The molecule has 1 fully saturated rings. The molecule has 32 heavy (non-hydrogen) atoms. The molecule has 1 amide bonds. The first-order valence-corrected chi connectivity index (χ1v) is 10.7. The first-order valence-electron chi connectivity index (χ1n) is 10.7. The Hall–Kier alpha value is -3.36. The lowest BCUT2D eigenvalue weighted by atomic mass is 9.93. The van der Waals surface area contributed by atoms with Gasteiger partial charge in [-0.05, 0) is 44.0 Å². The number of esters is 1. The van der Waals surface area contributed by atoms with Crippen molar-refractivity contribution < 1.29 is 29.0 Å². The number of aromatic nitrogens is 2. The maximum absolute atomic E-state index is 13.6. The van der Waals surface area contributed by atoms with Gasteiger partial charge in [0.25, 0.3) is 0 Å². The number of aromatic carboxylic acids is 1. The molecule has 1 heterocycles. The summed E-state index contributed by atoms with van der Waals surface area (Å²) in [6.45, 7) is 1.88. The number of carboxylic acid groups (broad SMARTS) is 1. The second kappa shape index (κ2) is 10.3. The SMILES string of the molecule is COC(=O)c1ccc(OC)c(CN(C(=O)C(C)n2nccc2C(=O)O)C2CCCCC2)c1. The number of benzene rings is 1. The molecule has 1 unspecified atom stereocenters. The number of hydrogen-bond acceptors (Lipinski definition) is 6. The van der Waals surface area contributed by atoms with E-state index < -0.39 is 18.0 Å². The third-order valence-electron chi connectivity index (χ3n) is 5.95. The normalized spacial score (nSPS) is 15.1. The maximum atomic E-state index is 13.6. The molecule has 1 atom stereocenters. The Labute approximate surface area is 186 Å². The van der Waals surface area contributed by atoms with Gasteiger partial charge >= 0.3 is 11.9 Å². The molecule has 172 valence electrons. The van der Waals surface area contributed by atoms with E-state index in [0.29, 0.717) is 16.9 Å². The van der Waals surface area contributed by atoms with E-state index in [0.717, 1.165) is 32.1 Å². The van der Waals surface area contributed by atoms with Crippen molar-refractivity contribution in [3.8, 4) is 5.75 Å². The molecule has 3 rings (SSSR count). The van der Waals surface area contributed by atoms with Crippen LogP contribution in [0, 0.1) is 0 Å². The molecule has 2 aromatic rings. The van der Waals surface area contributed by atoms with E-state index in [-0.39, 0.29) is 24.2 Å². The van der Waals surface area contributed by atoms with Crippen LogP contribution in [0.1, 0.15) is 71.5 Å². The molecule has 0 saturated heterocycles. The van der Waals surface area contributed by atoms with Crippen LogP contribution in [-0.4, -0.2) is 57.9 Å². The van der Waals surface area contributed by atoms with E-state index >= 15 is 0 Å². The highest BCUT2D eigenvalue weighted by Gasteiger charge is 2.32. The molecule has 1 saturated carbocycles. The molecule has 0 bridgehead atoms. The minimum Gasteiger partial charge on any atom is -0.496 e. The van der Waals surface area contributed by atoms with E-state index in [1.165, 1.54) is 31.2 Å². The predicted molar refractivity (Wildman–Crippen MR) is 116 cm³/mol. The number of carbonyl (C=O) groups excluding carboxylic acids is 2. The fourth-order valence-corrected chi connectivity index (χ4v) is 4.25. The summed E-state index contributed by atoms with van der Waals surface area (Å²) in [7, 11) is 2.85. The van der Waals surface area contributed by atoms with Crippen molar-refractivity contribution in [2.45, 2.75) is 57.7 Å². The Morgan fingerprint density at radius 1 is 1.19 bits per heavy atom. The number of carboxylic acids is 1. The van der Waals surface area contributed by atoms with Gasteiger partial charge in [0.2, 0.25) is 5.91 Å². The molecule has 0 radical (unpaired) electrons. The second-order valence-electron chi connectivity index (χ2n) is 7.92. The quantitative estimate of drug-likeness (QED) is 0.623. The predicted octanol–water partition coefficient (Wildman–Crippen LogP) is 3.30. The van der Waals surface area contributed by atoms with Crippen LogP contribution in [0.15, 0.2) is 30.5 Å². The van der Waals surface area contributed by atoms with Crippen LogP contribution in [0.5, 0.6) is 5.75 Å². The van der Waals surface area contributed by atoms with Gasteiger partial charge in [0, 0.05) is 24.3 Å². The third-order valence-corrected chi connectivity index (χ3v) is 5.95. The zero-order chi connectivity index (χ0) is 23.3. The van der Waals surface area contributed by atoms with Crippen molar-refractivity contribution in [2.75, 3.05) is 14.2 Å². The van der Waals surface area contributed by atoms with Crippen LogP contribution < -0.4 is 4.74 Å². The molecular weight excluding hydrogens is 414 g/mol. The summed E-state index contributed by atoms with van der Waals surface area (Å²) < 4.78 is 11.5. The molecule has 9 heteroatoms. The summed E-state index contributed by atoms with van der Waals surface area (Å²) in [4.78, 5) is 39.0. The van der Waals surface area contributed by atoms with Gasteiger partial charge in [0.05, 0.1) is 19.8 Å². The molecule has 1 aliphatic carbocycles. The van der Waals surface area contributed by atoms with Crippen LogP contribution in [0.3, 0.4) is 0 Å². The Morgan fingerprint density at radius 2 is 1.91 bits per heavy atom. The first-order chi connectivity index (χ1) is 15.4. The second-order valence-corrected chi connectivity index (χ2v) is 7.92. The molecule has 1 aliphatic rings. The summed E-state index contributed by atoms with van der Waals surface area (Å²) in [6, 6.07) is 5.56. The average Bonchev–Trinajstić information content (AvgIpc) is 3.32. The fraction of sp³-hybridized carbons (Fsp3) is 0.478. The largest absolute Gasteiger partial charge is 0.496 e. The van der Waals surface area contributed by atoms with Crippen molar-refractivity contribution >= 4 is 17.8 Å². The number of carbonyl (C=O) groups is 3.